The topological polar surface area (TPSA) is 24.4 Å². The van der Waals surface area contributed by atoms with E-state index in [1.54, 1.807) is 6.07 Å². The molecule has 6 heteroatoms. The summed E-state index contributed by atoms with van der Waals surface area (Å²) in [6.45, 7) is 0. The van der Waals surface area contributed by atoms with Crippen LogP contribution in [-0.2, 0) is 6.18 Å². The van der Waals surface area contributed by atoms with Gasteiger partial charge in [-0.25, -0.2) is 0 Å². The van der Waals surface area contributed by atoms with Crippen molar-refractivity contribution in [2.45, 2.75) is 11.7 Å². The normalized spacial score (nSPS) is 19.8. The average Bonchev–Trinajstić information content (AvgIpc) is 2.28. The molecule has 0 bridgehead atoms. The number of rotatable bonds is 1. The molecule has 1 aliphatic heterocycles. The van der Waals surface area contributed by atoms with Crippen molar-refractivity contribution in [3.05, 3.63) is 41.5 Å². The van der Waals surface area contributed by atoms with Crippen LogP contribution in [-0.4, -0.2) is 11.8 Å². The predicted octanol–water partition coefficient (Wildman–Crippen LogP) is 3.24. The summed E-state index contributed by atoms with van der Waals surface area (Å²) in [5.41, 5.74) is -0.963. The van der Waals surface area contributed by atoms with Gasteiger partial charge in [-0.15, -0.1) is 0 Å². The van der Waals surface area contributed by atoms with Crippen molar-refractivity contribution in [2.75, 3.05) is 0 Å². The van der Waals surface area contributed by atoms with Crippen LogP contribution in [0.2, 0.25) is 0 Å². The maximum absolute atomic E-state index is 12.8. The number of alkyl halides is 4. The molecule has 0 saturated heterocycles. The first-order valence-corrected chi connectivity index (χ1v) is 5.23. The van der Waals surface area contributed by atoms with Gasteiger partial charge in [-0.2, -0.15) is 13.2 Å². The molecule has 0 amide bonds. The number of aliphatic imine (C=N–C) groups is 1. The predicted molar refractivity (Wildman–Crippen MR) is 60.7 cm³/mol. The van der Waals surface area contributed by atoms with Crippen molar-refractivity contribution in [3.63, 3.8) is 0 Å². The Kier molecular flexibility index (Phi) is 3.11. The molecule has 1 aliphatic rings. The summed E-state index contributed by atoms with van der Waals surface area (Å²) in [5, 5.41) is 2.66. The molecule has 17 heavy (non-hydrogen) atoms. The number of hydrogen-bond donors (Lipinski definition) is 1. The van der Waals surface area contributed by atoms with E-state index in [4.69, 9.17) is 11.6 Å². The first-order chi connectivity index (χ1) is 7.98. The zero-order chi connectivity index (χ0) is 12.5. The van der Waals surface area contributed by atoms with Gasteiger partial charge >= 0.3 is 6.18 Å². The highest BCUT2D eigenvalue weighted by Gasteiger charge is 2.34. The molecular formula is C11H8ClF3N2. The number of halogens is 4. The molecule has 0 spiro atoms. The Labute approximate surface area is 101 Å². The van der Waals surface area contributed by atoms with Crippen molar-refractivity contribution in [1.82, 2.24) is 5.32 Å². The van der Waals surface area contributed by atoms with Crippen molar-refractivity contribution in [2.24, 2.45) is 4.99 Å². The Morgan fingerprint density at radius 1 is 1.24 bits per heavy atom. The lowest BCUT2D eigenvalue weighted by Gasteiger charge is -2.17. The third-order valence-electron chi connectivity index (χ3n) is 2.26. The second-order valence-electron chi connectivity index (χ2n) is 3.42. The molecule has 1 heterocycles. The molecule has 0 aromatic heterocycles. The highest BCUT2D eigenvalue weighted by Crippen LogP contribution is 2.34. The summed E-state index contributed by atoms with van der Waals surface area (Å²) in [4.78, 5) is 3.77. The average molecular weight is 261 g/mol. The van der Waals surface area contributed by atoms with Gasteiger partial charge in [0.2, 0.25) is 0 Å². The van der Waals surface area contributed by atoms with Gasteiger partial charge in [0, 0.05) is 11.3 Å². The van der Waals surface area contributed by atoms with Crippen LogP contribution < -0.4 is 5.32 Å². The molecule has 2 nitrogen and oxygen atoms in total. The fourth-order valence-corrected chi connectivity index (χ4v) is 1.72. The zero-order valence-corrected chi connectivity index (χ0v) is 9.26. The molecule has 1 unspecified atom stereocenters. The van der Waals surface area contributed by atoms with E-state index in [2.05, 4.69) is 10.3 Å². The van der Waals surface area contributed by atoms with E-state index in [1.165, 1.54) is 24.5 Å². The van der Waals surface area contributed by atoms with Gasteiger partial charge in [0.25, 0.3) is 0 Å². The molecule has 1 aromatic carbocycles. The minimum Gasteiger partial charge on any atom is -0.346 e. The number of nitrogens with zero attached hydrogens (tertiary/aromatic N) is 1. The van der Waals surface area contributed by atoms with Crippen LogP contribution in [0.15, 0.2) is 35.3 Å². The summed E-state index contributed by atoms with van der Waals surface area (Å²) in [7, 11) is 0. The van der Waals surface area contributed by atoms with Crippen molar-refractivity contribution < 1.29 is 13.2 Å². The lowest BCUT2D eigenvalue weighted by Crippen LogP contribution is -2.19. The molecule has 1 N–H and O–H groups in total. The Balaban J connectivity index is 2.46. The van der Waals surface area contributed by atoms with Crippen LogP contribution >= 0.6 is 11.6 Å². The minimum absolute atomic E-state index is 0.0665. The summed E-state index contributed by atoms with van der Waals surface area (Å²) in [5.74, 6) is 0. The lowest BCUT2D eigenvalue weighted by molar-refractivity contribution is -0.137. The molecular weight excluding hydrogens is 253 g/mol. The van der Waals surface area contributed by atoms with Crippen LogP contribution in [0.4, 0.5) is 13.2 Å². The zero-order valence-electron chi connectivity index (χ0n) is 8.50. The van der Waals surface area contributed by atoms with E-state index in [1.807, 2.05) is 0 Å². The van der Waals surface area contributed by atoms with Crippen LogP contribution in [0.5, 0.6) is 0 Å². The molecule has 0 saturated carbocycles. The molecule has 90 valence electrons. The van der Waals surface area contributed by atoms with Gasteiger partial charge in [-0.3, -0.25) is 4.99 Å². The Bertz CT molecular complexity index is 480. The van der Waals surface area contributed by atoms with Gasteiger partial charge in [-0.1, -0.05) is 29.8 Å². The van der Waals surface area contributed by atoms with Crippen LogP contribution in [0, 0.1) is 0 Å². The van der Waals surface area contributed by atoms with Crippen molar-refractivity contribution >= 4 is 23.6 Å². The first kappa shape index (κ1) is 12.0. The quantitative estimate of drug-likeness (QED) is 0.608. The molecule has 0 radical (unpaired) electrons. The van der Waals surface area contributed by atoms with Crippen LogP contribution in [0.3, 0.4) is 0 Å². The maximum atomic E-state index is 12.8. The van der Waals surface area contributed by atoms with E-state index in [0.29, 0.717) is 5.70 Å². The SMILES string of the molecule is FC(F)(F)c1ccccc1C1=CC(Cl)N=CN1. The molecule has 1 atom stereocenters. The van der Waals surface area contributed by atoms with Gasteiger partial charge in [0.15, 0.2) is 0 Å². The van der Waals surface area contributed by atoms with Gasteiger partial charge < -0.3 is 5.32 Å². The maximum Gasteiger partial charge on any atom is 0.417 e. The molecule has 1 aromatic rings. The molecule has 0 fully saturated rings. The Hall–Kier alpha value is -1.49. The summed E-state index contributed by atoms with van der Waals surface area (Å²) in [6.07, 6.45) is -1.66. The third kappa shape index (κ3) is 2.61. The minimum atomic E-state index is -4.39. The summed E-state index contributed by atoms with van der Waals surface area (Å²) >= 11 is 5.73. The van der Waals surface area contributed by atoms with E-state index >= 15 is 0 Å². The number of benzene rings is 1. The van der Waals surface area contributed by atoms with Gasteiger partial charge in [-0.05, 0) is 12.1 Å². The highest BCUT2D eigenvalue weighted by molar-refractivity contribution is 6.22. The van der Waals surface area contributed by atoms with E-state index in [0.717, 1.165) is 6.07 Å². The number of nitrogens with one attached hydrogen (secondary N) is 1. The fraction of sp³-hybridized carbons (Fsp3) is 0.182. The lowest BCUT2D eigenvalue weighted by atomic mass is 10.0. The molecule has 0 aliphatic carbocycles. The largest absolute Gasteiger partial charge is 0.417 e. The fourth-order valence-electron chi connectivity index (χ4n) is 1.54. The monoisotopic (exact) mass is 260 g/mol. The van der Waals surface area contributed by atoms with Crippen LogP contribution in [0.1, 0.15) is 11.1 Å². The van der Waals surface area contributed by atoms with E-state index in [-0.39, 0.29) is 5.56 Å². The Morgan fingerprint density at radius 3 is 2.59 bits per heavy atom. The summed E-state index contributed by atoms with van der Waals surface area (Å²) in [6, 6.07) is 5.32. The second kappa shape index (κ2) is 4.41. The highest BCUT2D eigenvalue weighted by atomic mass is 35.5. The molecule has 2 rings (SSSR count). The van der Waals surface area contributed by atoms with E-state index < -0.39 is 17.2 Å². The van der Waals surface area contributed by atoms with Crippen molar-refractivity contribution in [3.8, 4) is 0 Å². The third-order valence-corrected chi connectivity index (χ3v) is 2.50. The Morgan fingerprint density at radius 2 is 1.94 bits per heavy atom. The van der Waals surface area contributed by atoms with Crippen LogP contribution in [0.25, 0.3) is 5.70 Å². The first-order valence-electron chi connectivity index (χ1n) is 4.79. The van der Waals surface area contributed by atoms with Gasteiger partial charge in [0.1, 0.15) is 5.50 Å². The van der Waals surface area contributed by atoms with Crippen molar-refractivity contribution in [1.29, 1.82) is 0 Å². The smallest absolute Gasteiger partial charge is 0.346 e. The van der Waals surface area contributed by atoms with Gasteiger partial charge in [0.05, 0.1) is 11.9 Å². The summed E-state index contributed by atoms with van der Waals surface area (Å²) < 4.78 is 38.3. The number of hydrogen-bond acceptors (Lipinski definition) is 2. The standard InChI is InChI=1S/C11H8ClF3N2/c12-10-5-9(16-6-17-10)7-3-1-2-4-8(7)11(13,14)15/h1-6,10H,(H,16,17). The van der Waals surface area contributed by atoms with E-state index in [9.17, 15) is 13.2 Å². The second-order valence-corrected chi connectivity index (χ2v) is 3.87.